The zero-order chi connectivity index (χ0) is 18.5. The highest BCUT2D eigenvalue weighted by molar-refractivity contribution is 6.24. The third-order valence-electron chi connectivity index (χ3n) is 6.19. The Balaban J connectivity index is 1.41. The van der Waals surface area contributed by atoms with Crippen LogP contribution in [-0.2, 0) is 14.3 Å². The number of carbonyl (C=O) groups is 2. The zero-order valence-electron chi connectivity index (χ0n) is 14.8. The second kappa shape index (κ2) is 6.22. The number of anilines is 1. The van der Waals surface area contributed by atoms with Crippen molar-refractivity contribution >= 4 is 29.2 Å². The molecule has 5 atom stereocenters. The highest BCUT2D eigenvalue weighted by atomic mass is 35.5. The average molecular weight is 380 g/mol. The normalized spacial score (nSPS) is 35.8. The molecule has 140 valence electrons. The van der Waals surface area contributed by atoms with E-state index in [1.165, 1.54) is 24.3 Å². The molecule has 4 saturated carbocycles. The molecule has 1 amide bonds. The van der Waals surface area contributed by atoms with Crippen LogP contribution in [0.2, 0.25) is 0 Å². The van der Waals surface area contributed by atoms with E-state index in [1.807, 2.05) is 0 Å². The topological polar surface area (TPSA) is 55.4 Å². The van der Waals surface area contributed by atoms with E-state index in [1.54, 1.807) is 6.92 Å². The summed E-state index contributed by atoms with van der Waals surface area (Å²) >= 11 is 6.77. The van der Waals surface area contributed by atoms with E-state index in [9.17, 15) is 14.0 Å². The van der Waals surface area contributed by atoms with Gasteiger partial charge in [0, 0.05) is 10.6 Å². The molecule has 1 N–H and O–H groups in total. The molecule has 4 fully saturated rings. The van der Waals surface area contributed by atoms with Gasteiger partial charge < -0.3 is 10.1 Å². The number of amides is 1. The van der Waals surface area contributed by atoms with Crippen molar-refractivity contribution in [3.63, 3.8) is 0 Å². The molecular formula is C20H23ClFNO3. The summed E-state index contributed by atoms with van der Waals surface area (Å²) in [4.78, 5) is 25.0. The van der Waals surface area contributed by atoms with E-state index < -0.39 is 17.4 Å². The van der Waals surface area contributed by atoms with E-state index in [-0.39, 0.29) is 16.7 Å². The number of esters is 1. The Morgan fingerprint density at radius 3 is 2.38 bits per heavy atom. The van der Waals surface area contributed by atoms with E-state index in [2.05, 4.69) is 5.32 Å². The van der Waals surface area contributed by atoms with Crippen LogP contribution < -0.4 is 5.32 Å². The Hall–Kier alpha value is -1.62. The van der Waals surface area contributed by atoms with E-state index in [0.717, 1.165) is 32.1 Å². The third-order valence-corrected chi connectivity index (χ3v) is 6.63. The Bertz CT molecular complexity index is 721. The SMILES string of the molecule is C[C@H](OC(=O)C12C[C@@H]3C[C@@H](CC(Cl)(C3)C1)C2)C(=O)Nc1ccc(F)cc1. The maximum Gasteiger partial charge on any atom is 0.312 e. The quantitative estimate of drug-likeness (QED) is 0.627. The third kappa shape index (κ3) is 3.22. The van der Waals surface area contributed by atoms with Crippen molar-refractivity contribution in [1.29, 1.82) is 0 Å². The lowest BCUT2D eigenvalue weighted by atomic mass is 9.49. The van der Waals surface area contributed by atoms with Gasteiger partial charge in [-0.25, -0.2) is 4.39 Å². The van der Waals surface area contributed by atoms with Crippen molar-refractivity contribution in [2.75, 3.05) is 5.32 Å². The van der Waals surface area contributed by atoms with Gasteiger partial charge in [-0.15, -0.1) is 11.6 Å². The van der Waals surface area contributed by atoms with Gasteiger partial charge in [0.1, 0.15) is 5.82 Å². The number of rotatable bonds is 4. The van der Waals surface area contributed by atoms with Gasteiger partial charge in [-0.1, -0.05) is 0 Å². The summed E-state index contributed by atoms with van der Waals surface area (Å²) in [5.41, 5.74) is -0.0650. The van der Waals surface area contributed by atoms with Gasteiger partial charge in [-0.05, 0) is 81.5 Å². The molecule has 1 aromatic carbocycles. The molecule has 4 nitrogen and oxygen atoms in total. The predicted octanol–water partition coefficient (Wildman–Crippen LogP) is 4.27. The summed E-state index contributed by atoms with van der Waals surface area (Å²) in [6.45, 7) is 1.56. The lowest BCUT2D eigenvalue weighted by molar-refractivity contribution is -0.176. The Labute approximate surface area is 157 Å². The highest BCUT2D eigenvalue weighted by Gasteiger charge is 2.61. The average Bonchev–Trinajstić information content (AvgIpc) is 2.54. The van der Waals surface area contributed by atoms with E-state index in [0.29, 0.717) is 23.9 Å². The molecule has 26 heavy (non-hydrogen) atoms. The minimum absolute atomic E-state index is 0.275. The number of halogens is 2. The molecule has 0 aliphatic heterocycles. The minimum atomic E-state index is -0.910. The fourth-order valence-corrected chi connectivity index (χ4v) is 6.20. The Morgan fingerprint density at radius 1 is 1.19 bits per heavy atom. The first-order valence-electron chi connectivity index (χ1n) is 9.23. The number of carbonyl (C=O) groups excluding carboxylic acids is 2. The minimum Gasteiger partial charge on any atom is -0.452 e. The largest absolute Gasteiger partial charge is 0.452 e. The van der Waals surface area contributed by atoms with Crippen LogP contribution in [0.5, 0.6) is 0 Å². The summed E-state index contributed by atoms with van der Waals surface area (Å²) < 4.78 is 18.5. The van der Waals surface area contributed by atoms with Crippen LogP contribution in [0.1, 0.15) is 45.4 Å². The Kier molecular flexibility index (Phi) is 4.25. The summed E-state index contributed by atoms with van der Waals surface area (Å²) in [5, 5.41) is 2.65. The van der Waals surface area contributed by atoms with Crippen LogP contribution in [0.25, 0.3) is 0 Å². The van der Waals surface area contributed by atoms with Crippen molar-refractivity contribution in [2.45, 2.75) is 56.4 Å². The van der Waals surface area contributed by atoms with Crippen molar-refractivity contribution in [2.24, 2.45) is 17.3 Å². The smallest absolute Gasteiger partial charge is 0.312 e. The molecule has 5 rings (SSSR count). The van der Waals surface area contributed by atoms with Gasteiger partial charge in [-0.2, -0.15) is 0 Å². The van der Waals surface area contributed by atoms with Crippen LogP contribution in [0.15, 0.2) is 24.3 Å². The van der Waals surface area contributed by atoms with Crippen molar-refractivity contribution in [3.8, 4) is 0 Å². The zero-order valence-corrected chi connectivity index (χ0v) is 15.5. The molecule has 4 aliphatic rings. The van der Waals surface area contributed by atoms with E-state index >= 15 is 0 Å². The molecule has 0 radical (unpaired) electrons. The number of nitrogens with one attached hydrogen (secondary N) is 1. The van der Waals surface area contributed by atoms with Crippen LogP contribution in [0.3, 0.4) is 0 Å². The van der Waals surface area contributed by atoms with Crippen LogP contribution >= 0.6 is 11.6 Å². The molecule has 6 heteroatoms. The molecule has 2 unspecified atom stereocenters. The van der Waals surface area contributed by atoms with Crippen LogP contribution in [-0.4, -0.2) is 22.9 Å². The highest BCUT2D eigenvalue weighted by Crippen LogP contribution is 2.64. The summed E-state index contributed by atoms with van der Waals surface area (Å²) in [6.07, 6.45) is 4.52. The fraction of sp³-hybridized carbons (Fsp3) is 0.600. The summed E-state index contributed by atoms with van der Waals surface area (Å²) in [6, 6.07) is 5.47. The first-order chi connectivity index (χ1) is 12.3. The van der Waals surface area contributed by atoms with Crippen molar-refractivity contribution < 1.29 is 18.7 Å². The number of alkyl halides is 1. The van der Waals surface area contributed by atoms with Gasteiger partial charge in [0.15, 0.2) is 6.10 Å². The van der Waals surface area contributed by atoms with Gasteiger partial charge in [0.2, 0.25) is 0 Å². The number of hydrogen-bond acceptors (Lipinski definition) is 3. The van der Waals surface area contributed by atoms with Crippen LogP contribution in [0.4, 0.5) is 10.1 Å². The van der Waals surface area contributed by atoms with Gasteiger partial charge in [0.05, 0.1) is 5.41 Å². The lowest BCUT2D eigenvalue weighted by Crippen LogP contribution is -2.57. The van der Waals surface area contributed by atoms with E-state index in [4.69, 9.17) is 16.3 Å². The van der Waals surface area contributed by atoms with Gasteiger partial charge in [0.25, 0.3) is 5.91 Å². The standard InChI is InChI=1S/C20H23ClFNO3/c1-12(17(24)23-16-4-2-15(22)3-5-16)26-18(25)19-7-13-6-14(8-19)10-20(21,9-13)11-19/h2-5,12-14H,6-11H2,1H3,(H,23,24)/t12-,13-,14+,19?,20?/m0/s1. The molecule has 0 aromatic heterocycles. The first-order valence-corrected chi connectivity index (χ1v) is 9.61. The van der Waals surface area contributed by atoms with Gasteiger partial charge in [-0.3, -0.25) is 9.59 Å². The Morgan fingerprint density at radius 2 is 1.81 bits per heavy atom. The fourth-order valence-electron chi connectivity index (χ4n) is 5.51. The van der Waals surface area contributed by atoms with Gasteiger partial charge >= 0.3 is 5.97 Å². The van der Waals surface area contributed by atoms with Crippen molar-refractivity contribution in [3.05, 3.63) is 30.1 Å². The molecule has 0 spiro atoms. The second-order valence-corrected chi connectivity index (χ2v) is 9.24. The second-order valence-electron chi connectivity index (χ2n) is 8.44. The molecule has 0 saturated heterocycles. The molecule has 4 bridgehead atoms. The first kappa shape index (κ1) is 17.8. The maximum absolute atomic E-state index is 13.0. The molecule has 1 aromatic rings. The van der Waals surface area contributed by atoms with Crippen LogP contribution in [0, 0.1) is 23.1 Å². The molecular weight excluding hydrogens is 357 g/mol. The molecule has 0 heterocycles. The number of ether oxygens (including phenoxy) is 1. The number of benzene rings is 1. The lowest BCUT2D eigenvalue weighted by Gasteiger charge is -2.58. The molecule has 4 aliphatic carbocycles. The maximum atomic E-state index is 13.0. The monoisotopic (exact) mass is 379 g/mol. The number of hydrogen-bond donors (Lipinski definition) is 1. The summed E-state index contributed by atoms with van der Waals surface area (Å²) in [5.74, 6) is -0.109. The van der Waals surface area contributed by atoms with Crippen molar-refractivity contribution in [1.82, 2.24) is 0 Å². The summed E-state index contributed by atoms with van der Waals surface area (Å²) in [7, 11) is 0. The predicted molar refractivity (Wildman–Crippen MR) is 96.3 cm³/mol.